The van der Waals surface area contributed by atoms with Crippen LogP contribution in [-0.2, 0) is 22.8 Å². The van der Waals surface area contributed by atoms with Gasteiger partial charge >= 0.3 is 0 Å². The molecule has 1 aliphatic carbocycles. The van der Waals surface area contributed by atoms with Gasteiger partial charge in [-0.05, 0) is 17.7 Å². The van der Waals surface area contributed by atoms with Crippen molar-refractivity contribution in [3.63, 3.8) is 0 Å². The third-order valence-corrected chi connectivity index (χ3v) is 5.04. The molecule has 3 rings (SSSR count). The van der Waals surface area contributed by atoms with Gasteiger partial charge in [-0.3, -0.25) is 0 Å². The van der Waals surface area contributed by atoms with Gasteiger partial charge in [0.05, 0.1) is 0 Å². The summed E-state index contributed by atoms with van der Waals surface area (Å²) >= 11 is 13.9. The third kappa shape index (κ3) is 7.85. The van der Waals surface area contributed by atoms with Gasteiger partial charge in [0.1, 0.15) is 5.76 Å². The van der Waals surface area contributed by atoms with Crippen LogP contribution in [0.4, 0.5) is 0 Å². The first-order valence-electron chi connectivity index (χ1n) is 7.62. The summed E-state index contributed by atoms with van der Waals surface area (Å²) < 4.78 is 0. The summed E-state index contributed by atoms with van der Waals surface area (Å²) in [4.78, 5) is 0. The average molecular weight is 434 g/mol. The van der Waals surface area contributed by atoms with Gasteiger partial charge in [-0.15, -0.1) is 0 Å². The Bertz CT molecular complexity index is 670. The van der Waals surface area contributed by atoms with Crippen LogP contribution in [0.15, 0.2) is 84.2 Å². The van der Waals surface area contributed by atoms with E-state index in [0.717, 1.165) is 22.6 Å². The number of aliphatic hydroxyl groups is 1. The molecule has 0 radical (unpaired) electrons. The maximum atomic E-state index is 9.87. The maximum absolute atomic E-state index is 9.87. The van der Waals surface area contributed by atoms with Gasteiger partial charge in [-0.25, -0.2) is 12.1 Å². The molecule has 1 aliphatic rings. The van der Waals surface area contributed by atoms with Gasteiger partial charge in [0.15, 0.2) is 0 Å². The zero-order valence-corrected chi connectivity index (χ0v) is 16.9. The van der Waals surface area contributed by atoms with Gasteiger partial charge in [0.2, 0.25) is 0 Å². The van der Waals surface area contributed by atoms with E-state index in [1.807, 2.05) is 72.8 Å². The largest absolute Gasteiger partial charge is 0.512 e. The number of hydrogen-bond donors (Lipinski definition) is 1. The van der Waals surface area contributed by atoms with E-state index in [4.69, 9.17) is 23.2 Å². The van der Waals surface area contributed by atoms with Crippen LogP contribution in [0.5, 0.6) is 0 Å². The molecule has 0 atom stereocenters. The Morgan fingerprint density at radius 1 is 1.00 bits per heavy atom. The van der Waals surface area contributed by atoms with Crippen molar-refractivity contribution in [3.8, 4) is 0 Å². The molecule has 0 aliphatic heterocycles. The molecule has 0 saturated heterocycles. The molecule has 1 N–H and O–H groups in total. The van der Waals surface area contributed by atoms with Crippen molar-refractivity contribution in [2.45, 2.75) is 12.2 Å². The number of rotatable bonds is 5. The molecule has 0 bridgehead atoms. The van der Waals surface area contributed by atoms with Crippen LogP contribution in [0.3, 0.4) is 0 Å². The van der Waals surface area contributed by atoms with Crippen LogP contribution in [-0.4, -0.2) is 10.9 Å². The fourth-order valence-electron chi connectivity index (χ4n) is 2.04. The van der Waals surface area contributed by atoms with Crippen LogP contribution in [0.2, 0.25) is 10.0 Å². The number of halogens is 2. The number of hydrogen-bond acceptors (Lipinski definition) is 2. The van der Waals surface area contributed by atoms with Crippen molar-refractivity contribution in [1.29, 1.82) is 0 Å². The SMILES string of the molecule is OC(CCSCc1c(Cl)cccc1Cl)=C1C=CC=C1.[Fe].c1cc[cH-]c1. The Balaban J connectivity index is 0.000000448. The average Bonchev–Trinajstić information content (AvgIpc) is 3.29. The Kier molecular flexibility index (Phi) is 11.0. The van der Waals surface area contributed by atoms with E-state index < -0.39 is 0 Å². The Hall–Kier alpha value is -0.961. The summed E-state index contributed by atoms with van der Waals surface area (Å²) in [6, 6.07) is 15.5. The van der Waals surface area contributed by atoms with E-state index >= 15 is 0 Å². The first-order chi connectivity index (χ1) is 11.7. The van der Waals surface area contributed by atoms with E-state index in [1.165, 1.54) is 0 Å². The summed E-state index contributed by atoms with van der Waals surface area (Å²) in [5.41, 5.74) is 1.86. The predicted octanol–water partition coefficient (Wildman–Crippen LogP) is 6.96. The normalized spacial score (nSPS) is 11.7. The van der Waals surface area contributed by atoms with Crippen LogP contribution in [0, 0.1) is 0 Å². The van der Waals surface area contributed by atoms with Crippen molar-refractivity contribution >= 4 is 35.0 Å². The Morgan fingerprint density at radius 3 is 2.12 bits per heavy atom. The topological polar surface area (TPSA) is 20.2 Å². The molecule has 0 unspecified atom stereocenters. The minimum Gasteiger partial charge on any atom is -0.512 e. The molecular formula is C20H19Cl2FeOS-. The minimum atomic E-state index is 0. The second-order valence-electron chi connectivity index (χ2n) is 5.09. The monoisotopic (exact) mass is 433 g/mol. The van der Waals surface area contributed by atoms with Gasteiger partial charge in [0, 0.05) is 50.6 Å². The molecule has 0 spiro atoms. The van der Waals surface area contributed by atoms with E-state index in [2.05, 4.69) is 0 Å². The Labute approximate surface area is 174 Å². The molecule has 2 aromatic rings. The van der Waals surface area contributed by atoms with Crippen molar-refractivity contribution in [2.24, 2.45) is 0 Å². The van der Waals surface area contributed by atoms with Gasteiger partial charge in [0.25, 0.3) is 0 Å². The molecular weight excluding hydrogens is 415 g/mol. The van der Waals surface area contributed by atoms with Crippen molar-refractivity contribution in [3.05, 3.63) is 99.8 Å². The molecule has 0 heterocycles. The molecule has 25 heavy (non-hydrogen) atoms. The maximum Gasteiger partial charge on any atom is 0.100 e. The van der Waals surface area contributed by atoms with Crippen LogP contribution in [0.1, 0.15) is 12.0 Å². The smallest absolute Gasteiger partial charge is 0.100 e. The quantitative estimate of drug-likeness (QED) is 0.238. The van der Waals surface area contributed by atoms with E-state index in [0.29, 0.717) is 22.2 Å². The van der Waals surface area contributed by atoms with Gasteiger partial charge in [-0.1, -0.05) is 53.6 Å². The third-order valence-electron chi connectivity index (χ3n) is 3.34. The number of benzene rings is 1. The standard InChI is InChI=1S/C15H14Cl2OS.C5H5.Fe/c16-13-6-3-7-14(17)12(13)10-19-9-8-15(18)11-4-1-2-5-11;1-2-4-5-3-1;/h1-7,18H,8-10H2;1-5H;/q;-1;. The van der Waals surface area contributed by atoms with Crippen LogP contribution in [0.25, 0.3) is 0 Å². The summed E-state index contributed by atoms with van der Waals surface area (Å²) in [6.07, 6.45) is 8.30. The molecule has 1 nitrogen and oxygen atoms in total. The zero-order valence-electron chi connectivity index (χ0n) is 13.5. The van der Waals surface area contributed by atoms with Crippen molar-refractivity contribution < 1.29 is 22.2 Å². The second kappa shape index (κ2) is 12.4. The van der Waals surface area contributed by atoms with E-state index in [1.54, 1.807) is 11.8 Å². The van der Waals surface area contributed by atoms with Gasteiger partial charge in [-0.2, -0.15) is 30.0 Å². The Morgan fingerprint density at radius 2 is 1.60 bits per heavy atom. The van der Waals surface area contributed by atoms with E-state index in [9.17, 15) is 5.11 Å². The summed E-state index contributed by atoms with van der Waals surface area (Å²) in [5, 5.41) is 11.3. The minimum absolute atomic E-state index is 0. The first-order valence-corrected chi connectivity index (χ1v) is 9.53. The van der Waals surface area contributed by atoms with E-state index in [-0.39, 0.29) is 17.1 Å². The molecule has 2 aromatic carbocycles. The molecule has 134 valence electrons. The summed E-state index contributed by atoms with van der Waals surface area (Å²) in [5.74, 6) is 2.02. The molecule has 0 amide bonds. The fourth-order valence-corrected chi connectivity index (χ4v) is 3.73. The fraction of sp³-hybridized carbons (Fsp3) is 0.150. The molecule has 5 heteroatoms. The summed E-state index contributed by atoms with van der Waals surface area (Å²) in [7, 11) is 0. The number of aliphatic hydroxyl groups excluding tert-OH is 1. The van der Waals surface area contributed by atoms with Crippen LogP contribution < -0.4 is 0 Å². The summed E-state index contributed by atoms with van der Waals surface area (Å²) in [6.45, 7) is 0. The number of thioether (sulfide) groups is 1. The second-order valence-corrected chi connectivity index (χ2v) is 7.00. The zero-order chi connectivity index (χ0) is 17.2. The van der Waals surface area contributed by atoms with Gasteiger partial charge < -0.3 is 5.11 Å². The predicted molar refractivity (Wildman–Crippen MR) is 107 cm³/mol. The first kappa shape index (κ1) is 22.1. The number of allylic oxidation sites excluding steroid dienone is 6. The van der Waals surface area contributed by atoms with Crippen molar-refractivity contribution in [2.75, 3.05) is 5.75 Å². The molecule has 0 saturated carbocycles. The molecule has 0 aromatic heterocycles. The van der Waals surface area contributed by atoms with Crippen molar-refractivity contribution in [1.82, 2.24) is 0 Å². The molecule has 0 fully saturated rings. The van der Waals surface area contributed by atoms with Crippen LogP contribution >= 0.6 is 35.0 Å².